The van der Waals surface area contributed by atoms with Crippen LogP contribution >= 0.6 is 0 Å². The molecule has 0 fully saturated rings. The summed E-state index contributed by atoms with van der Waals surface area (Å²) in [6.45, 7) is 0.289. The second kappa shape index (κ2) is 22.5. The molecule has 0 aromatic heterocycles. The molecule has 2 heterocycles. The van der Waals surface area contributed by atoms with Crippen molar-refractivity contribution < 1.29 is 83.1 Å². The van der Waals surface area contributed by atoms with E-state index in [4.69, 9.17) is 46.6 Å². The lowest BCUT2D eigenvalue weighted by molar-refractivity contribution is -0.146. The van der Waals surface area contributed by atoms with Gasteiger partial charge in [-0.05, 0) is 60.7 Å². The first-order valence-electron chi connectivity index (χ1n) is 19.1. The van der Waals surface area contributed by atoms with Crippen molar-refractivity contribution in [2.24, 2.45) is 32.9 Å². The maximum absolute atomic E-state index is 13.1. The SMILES string of the molecule is CC(=O)N[C@H]1[C@H]([C@H](OC(=O)Nc2ccc(Oc3ccc(NC(=O)O[C@@H]([C@@H]4OC(C(=O)O)=C[C@H](N=C(N)N)[C@H]4NC(C)=O)[C@H](O)CO)cc3)cc2)[C@H](O)CO)OC(C(=O)O)=C[C@@H]1N=C(N)N. The number of amides is 4. The molecule has 0 saturated carbocycles. The minimum Gasteiger partial charge on any atom is -0.477 e. The molecule has 2 aliphatic heterocycles. The van der Waals surface area contributed by atoms with E-state index in [2.05, 4.69) is 31.3 Å². The van der Waals surface area contributed by atoms with Crippen molar-refractivity contribution >= 4 is 59.2 Å². The van der Waals surface area contributed by atoms with Crippen LogP contribution in [0, 0.1) is 0 Å². The second-order valence-electron chi connectivity index (χ2n) is 14.0. The lowest BCUT2D eigenvalue weighted by atomic mass is 9.92. The smallest absolute Gasteiger partial charge is 0.412 e. The third-order valence-corrected chi connectivity index (χ3v) is 9.08. The molecule has 0 unspecified atom stereocenters. The Labute approximate surface area is 367 Å². The number of nitrogens with zero attached hydrogens (tertiary/aromatic N) is 2. The summed E-state index contributed by atoms with van der Waals surface area (Å²) in [6.07, 6.45) is -10.9. The number of benzene rings is 2. The van der Waals surface area contributed by atoms with Crippen molar-refractivity contribution in [3.8, 4) is 11.5 Å². The largest absolute Gasteiger partial charge is 0.477 e. The van der Waals surface area contributed by atoms with Crippen LogP contribution in [0.15, 0.2) is 82.2 Å². The van der Waals surface area contributed by atoms with Crippen LogP contribution in [-0.2, 0) is 38.1 Å². The number of rotatable bonds is 18. The summed E-state index contributed by atoms with van der Waals surface area (Å²) in [7, 11) is 0. The first-order valence-corrected chi connectivity index (χ1v) is 19.1. The molecule has 2 aromatic carbocycles. The molecular formula is C38H48N10O17. The van der Waals surface area contributed by atoms with Gasteiger partial charge in [-0.15, -0.1) is 0 Å². The number of guanidine groups is 2. The number of nitrogens with two attached hydrogens (primary N) is 4. The second-order valence-corrected chi connectivity index (χ2v) is 14.0. The monoisotopic (exact) mass is 916 g/mol. The van der Waals surface area contributed by atoms with Crippen LogP contribution < -0.4 is 48.9 Å². The van der Waals surface area contributed by atoms with Gasteiger partial charge in [0.1, 0.15) is 23.7 Å². The molecule has 0 bridgehead atoms. The summed E-state index contributed by atoms with van der Waals surface area (Å²) in [5.41, 5.74) is 22.3. The van der Waals surface area contributed by atoms with Gasteiger partial charge in [-0.25, -0.2) is 29.2 Å². The first-order chi connectivity index (χ1) is 30.7. The van der Waals surface area contributed by atoms with Crippen LogP contribution in [0.4, 0.5) is 21.0 Å². The first kappa shape index (κ1) is 49.8. The molecule has 0 aliphatic carbocycles. The van der Waals surface area contributed by atoms with E-state index < -0.39 is 133 Å². The lowest BCUT2D eigenvalue weighted by Crippen LogP contribution is -2.61. The lowest BCUT2D eigenvalue weighted by Gasteiger charge is -2.39. The van der Waals surface area contributed by atoms with Gasteiger partial charge < -0.3 is 87.9 Å². The highest BCUT2D eigenvalue weighted by atomic mass is 16.6. The van der Waals surface area contributed by atoms with Crippen molar-refractivity contribution in [2.45, 2.75) is 74.6 Å². The predicted molar refractivity (Wildman–Crippen MR) is 223 cm³/mol. The molecule has 65 heavy (non-hydrogen) atoms. The Kier molecular flexibility index (Phi) is 17.2. The Morgan fingerprint density at radius 3 is 1.25 bits per heavy atom. The number of nitrogens with one attached hydrogen (secondary N) is 4. The van der Waals surface area contributed by atoms with Gasteiger partial charge in [-0.3, -0.25) is 20.2 Å². The standard InChI is InChI=1S/C38H48N10O17/c1-15(51)43-27-21(47-35(39)40)11-25(33(55)56)62-31(27)29(23(53)13-49)64-37(59)45-17-3-7-19(8-4-17)61-20-9-5-18(6-10-20)46-38(60)65-30(24(54)14-50)32-28(44-16(2)52)22(48-36(41)42)12-26(63-32)34(57)58/h3-12,21-24,27-32,49-50,53-54H,13-14H2,1-2H3,(H,43,51)(H,44,52)(H,45,59)(H,46,60)(H,55,56)(H,57,58)(H4,39,40,47)(H4,41,42,48)/t21-,22-,23+,24+,27+,28+,29+,30+,31+,32+/m0/s1. The Bertz CT molecular complexity index is 2030. The van der Waals surface area contributed by atoms with E-state index >= 15 is 0 Å². The maximum Gasteiger partial charge on any atom is 0.412 e. The van der Waals surface area contributed by atoms with Gasteiger partial charge >= 0.3 is 24.1 Å². The Morgan fingerprint density at radius 1 is 0.631 bits per heavy atom. The molecule has 4 amide bonds. The highest BCUT2D eigenvalue weighted by Crippen LogP contribution is 2.30. The van der Waals surface area contributed by atoms with E-state index in [1.54, 1.807) is 0 Å². The van der Waals surface area contributed by atoms with Gasteiger partial charge in [0, 0.05) is 25.2 Å². The average Bonchev–Trinajstić information content (AvgIpc) is 3.23. The number of anilines is 2. The molecule has 352 valence electrons. The van der Waals surface area contributed by atoms with E-state index in [0.717, 1.165) is 26.0 Å². The van der Waals surface area contributed by atoms with Crippen LogP contribution in [0.3, 0.4) is 0 Å². The van der Waals surface area contributed by atoms with E-state index in [1.165, 1.54) is 48.5 Å². The molecule has 2 aromatic rings. The number of hydrogen-bond donors (Lipinski definition) is 14. The zero-order chi connectivity index (χ0) is 48.1. The number of aliphatic carboxylic acids is 2. The number of aliphatic imine (C=N–C) groups is 2. The van der Waals surface area contributed by atoms with Crippen LogP contribution in [0.1, 0.15) is 13.8 Å². The number of aliphatic hydroxyl groups excluding tert-OH is 4. The van der Waals surface area contributed by atoms with E-state index in [9.17, 15) is 59.4 Å². The summed E-state index contributed by atoms with van der Waals surface area (Å²) in [4.78, 5) is 81.9. The predicted octanol–water partition coefficient (Wildman–Crippen LogP) is -2.95. The topological polar surface area (TPSA) is 447 Å². The van der Waals surface area contributed by atoms with Crippen LogP contribution in [-0.4, -0.2) is 153 Å². The zero-order valence-corrected chi connectivity index (χ0v) is 34.3. The number of carbonyl (C=O) groups excluding carboxylic acids is 4. The Hall–Kier alpha value is -7.88. The highest BCUT2D eigenvalue weighted by Gasteiger charge is 2.48. The number of carbonyl (C=O) groups is 6. The third kappa shape index (κ3) is 14.1. The van der Waals surface area contributed by atoms with Gasteiger partial charge in [0.25, 0.3) is 0 Å². The van der Waals surface area contributed by atoms with Crippen molar-refractivity contribution in [1.29, 1.82) is 0 Å². The normalized spacial score (nSPS) is 21.8. The Morgan fingerprint density at radius 2 is 0.969 bits per heavy atom. The van der Waals surface area contributed by atoms with Gasteiger partial charge in [-0.2, -0.15) is 0 Å². The summed E-state index contributed by atoms with van der Waals surface area (Å²) in [6, 6.07) is 6.26. The summed E-state index contributed by atoms with van der Waals surface area (Å²) < 4.78 is 27.6. The molecule has 0 spiro atoms. The number of carboxylic acids is 2. The highest BCUT2D eigenvalue weighted by molar-refractivity contribution is 5.87. The van der Waals surface area contributed by atoms with Gasteiger partial charge in [0.2, 0.25) is 23.3 Å². The van der Waals surface area contributed by atoms with Crippen molar-refractivity contribution in [3.05, 3.63) is 72.2 Å². The molecule has 4 rings (SSSR count). The van der Waals surface area contributed by atoms with Gasteiger partial charge in [0.05, 0.1) is 37.4 Å². The number of carboxylic acid groups (broad SMARTS) is 2. The third-order valence-electron chi connectivity index (χ3n) is 9.08. The minimum absolute atomic E-state index is 0.138. The number of hydrogen-bond acceptors (Lipinski definition) is 17. The fourth-order valence-electron chi connectivity index (χ4n) is 6.42. The zero-order valence-electron chi connectivity index (χ0n) is 34.3. The van der Waals surface area contributed by atoms with E-state index in [1.807, 2.05) is 0 Å². The molecule has 27 heteroatoms. The molecule has 2 aliphatic rings. The quantitative estimate of drug-likeness (QED) is 0.0525. The van der Waals surface area contributed by atoms with Crippen molar-refractivity contribution in [2.75, 3.05) is 23.8 Å². The molecule has 27 nitrogen and oxygen atoms in total. The maximum atomic E-state index is 13.1. The van der Waals surface area contributed by atoms with E-state index in [0.29, 0.717) is 0 Å². The number of ether oxygens (including phenoxy) is 5. The molecule has 0 saturated heterocycles. The summed E-state index contributed by atoms with van der Waals surface area (Å²) in [5, 5.41) is 70.0. The minimum atomic E-state index is -1.85. The molecule has 18 N–H and O–H groups in total. The number of aliphatic hydroxyl groups is 4. The van der Waals surface area contributed by atoms with Crippen molar-refractivity contribution in [1.82, 2.24) is 10.6 Å². The average molecular weight is 917 g/mol. The fraction of sp³-hybridized carbons (Fsp3) is 0.368. The van der Waals surface area contributed by atoms with Crippen molar-refractivity contribution in [3.63, 3.8) is 0 Å². The van der Waals surface area contributed by atoms with Crippen LogP contribution in [0.25, 0.3) is 0 Å². The van der Waals surface area contributed by atoms with E-state index in [-0.39, 0.29) is 22.9 Å². The summed E-state index contributed by atoms with van der Waals surface area (Å²) >= 11 is 0. The van der Waals surface area contributed by atoms with Gasteiger partial charge in [-0.1, -0.05) is 0 Å². The fourth-order valence-corrected chi connectivity index (χ4v) is 6.42. The van der Waals surface area contributed by atoms with Crippen LogP contribution in [0.5, 0.6) is 11.5 Å². The molecule has 10 atom stereocenters. The van der Waals surface area contributed by atoms with Gasteiger partial charge in [0.15, 0.2) is 36.3 Å². The summed E-state index contributed by atoms with van der Waals surface area (Å²) in [5.74, 6) is -6.28. The molecule has 0 radical (unpaired) electrons. The molecular weight excluding hydrogens is 868 g/mol. The Balaban J connectivity index is 1.42. The van der Waals surface area contributed by atoms with Crippen LogP contribution in [0.2, 0.25) is 0 Å².